The van der Waals surface area contributed by atoms with Gasteiger partial charge in [-0.2, -0.15) is 0 Å². The molecule has 2 aromatic rings. The second-order valence-corrected chi connectivity index (χ2v) is 6.06. The van der Waals surface area contributed by atoms with Crippen molar-refractivity contribution in [3.8, 4) is 0 Å². The van der Waals surface area contributed by atoms with E-state index in [1.165, 1.54) is 22.4 Å². The van der Waals surface area contributed by atoms with Crippen LogP contribution in [0.15, 0.2) is 46.9 Å². The number of hydrogen-bond donors (Lipinski definition) is 1. The average Bonchev–Trinajstić information content (AvgIpc) is 2.42. The summed E-state index contributed by atoms with van der Waals surface area (Å²) in [6.07, 6.45) is 0. The number of rotatable bonds is 5. The normalized spacial score (nSPS) is 10.6. The van der Waals surface area contributed by atoms with Crippen molar-refractivity contribution in [2.75, 3.05) is 19.0 Å². The lowest BCUT2D eigenvalue weighted by atomic mass is 10.1. The molecule has 0 saturated carbocycles. The molecule has 0 atom stereocenters. The van der Waals surface area contributed by atoms with E-state index < -0.39 is 0 Å². The van der Waals surface area contributed by atoms with Gasteiger partial charge in [0.15, 0.2) is 0 Å². The van der Waals surface area contributed by atoms with Gasteiger partial charge in [-0.05, 0) is 43.3 Å². The lowest BCUT2D eigenvalue weighted by Crippen LogP contribution is -2.19. The fourth-order valence-electron chi connectivity index (χ4n) is 2.37. The quantitative estimate of drug-likeness (QED) is 0.886. The van der Waals surface area contributed by atoms with Gasteiger partial charge in [0.05, 0.1) is 0 Å². The fourth-order valence-corrected chi connectivity index (χ4v) is 2.63. The molecule has 20 heavy (non-hydrogen) atoms. The SMILES string of the molecule is CNCc1cc(C)ccc1N(C)Cc1ccc(Br)cc1. The van der Waals surface area contributed by atoms with Crippen LogP contribution in [0.5, 0.6) is 0 Å². The summed E-state index contributed by atoms with van der Waals surface area (Å²) in [6, 6.07) is 15.1. The van der Waals surface area contributed by atoms with Crippen LogP contribution in [-0.4, -0.2) is 14.1 Å². The summed E-state index contributed by atoms with van der Waals surface area (Å²) in [7, 11) is 4.13. The van der Waals surface area contributed by atoms with Crippen molar-refractivity contribution < 1.29 is 0 Å². The summed E-state index contributed by atoms with van der Waals surface area (Å²) in [5, 5.41) is 3.24. The number of nitrogens with one attached hydrogen (secondary N) is 1. The van der Waals surface area contributed by atoms with E-state index in [-0.39, 0.29) is 0 Å². The number of halogens is 1. The predicted octanol–water partition coefficient (Wildman–Crippen LogP) is 4.11. The maximum atomic E-state index is 3.47. The molecule has 106 valence electrons. The molecule has 0 saturated heterocycles. The van der Waals surface area contributed by atoms with E-state index in [1.54, 1.807) is 0 Å². The topological polar surface area (TPSA) is 15.3 Å². The van der Waals surface area contributed by atoms with Gasteiger partial charge in [0.2, 0.25) is 0 Å². The molecule has 0 bridgehead atoms. The highest BCUT2D eigenvalue weighted by molar-refractivity contribution is 9.10. The first kappa shape index (κ1) is 15.1. The molecule has 0 aliphatic heterocycles. The van der Waals surface area contributed by atoms with Gasteiger partial charge in [0, 0.05) is 30.3 Å². The largest absolute Gasteiger partial charge is 0.370 e. The molecular formula is C17H21BrN2. The molecule has 0 amide bonds. The van der Waals surface area contributed by atoms with Crippen molar-refractivity contribution >= 4 is 21.6 Å². The third-order valence-corrected chi connectivity index (χ3v) is 3.88. The predicted molar refractivity (Wildman–Crippen MR) is 90.2 cm³/mol. The van der Waals surface area contributed by atoms with Crippen LogP contribution in [0.3, 0.4) is 0 Å². The second-order valence-electron chi connectivity index (χ2n) is 5.15. The van der Waals surface area contributed by atoms with Crippen molar-refractivity contribution in [3.05, 3.63) is 63.6 Å². The Morgan fingerprint density at radius 1 is 1.10 bits per heavy atom. The van der Waals surface area contributed by atoms with Gasteiger partial charge in [-0.3, -0.25) is 0 Å². The number of hydrogen-bond acceptors (Lipinski definition) is 2. The number of benzene rings is 2. The van der Waals surface area contributed by atoms with Crippen LogP contribution in [0, 0.1) is 6.92 Å². The van der Waals surface area contributed by atoms with Gasteiger partial charge in [0.25, 0.3) is 0 Å². The Hall–Kier alpha value is -1.32. The van der Waals surface area contributed by atoms with Crippen molar-refractivity contribution in [1.29, 1.82) is 0 Å². The molecule has 0 spiro atoms. The summed E-state index contributed by atoms with van der Waals surface area (Å²) in [5.74, 6) is 0. The van der Waals surface area contributed by atoms with Crippen molar-refractivity contribution in [3.63, 3.8) is 0 Å². The van der Waals surface area contributed by atoms with Gasteiger partial charge in [-0.15, -0.1) is 0 Å². The third kappa shape index (κ3) is 3.84. The molecule has 3 heteroatoms. The summed E-state index contributed by atoms with van der Waals surface area (Å²) in [6.45, 7) is 3.94. The highest BCUT2D eigenvalue weighted by Gasteiger charge is 2.08. The van der Waals surface area contributed by atoms with E-state index in [0.29, 0.717) is 0 Å². The van der Waals surface area contributed by atoms with Crippen molar-refractivity contribution in [2.45, 2.75) is 20.0 Å². The lowest BCUT2D eigenvalue weighted by molar-refractivity contribution is 0.804. The highest BCUT2D eigenvalue weighted by Crippen LogP contribution is 2.23. The minimum absolute atomic E-state index is 0.891. The molecule has 0 aliphatic rings. The molecule has 0 unspecified atom stereocenters. The minimum Gasteiger partial charge on any atom is -0.370 e. The first-order valence-corrected chi connectivity index (χ1v) is 7.59. The number of anilines is 1. The summed E-state index contributed by atoms with van der Waals surface area (Å²) in [4.78, 5) is 2.30. The Morgan fingerprint density at radius 2 is 1.80 bits per heavy atom. The molecule has 2 rings (SSSR count). The van der Waals surface area contributed by atoms with E-state index in [0.717, 1.165) is 17.6 Å². The van der Waals surface area contributed by atoms with Crippen LogP contribution in [0.1, 0.15) is 16.7 Å². The van der Waals surface area contributed by atoms with Crippen LogP contribution in [-0.2, 0) is 13.1 Å². The van der Waals surface area contributed by atoms with Crippen LogP contribution in [0.25, 0.3) is 0 Å². The Kier molecular flexibility index (Phi) is 5.21. The van der Waals surface area contributed by atoms with Crippen LogP contribution >= 0.6 is 15.9 Å². The summed E-state index contributed by atoms with van der Waals surface area (Å²) >= 11 is 3.47. The van der Waals surface area contributed by atoms with Crippen molar-refractivity contribution in [2.24, 2.45) is 0 Å². The number of nitrogens with zero attached hydrogens (tertiary/aromatic N) is 1. The standard InChI is InChI=1S/C17H21BrN2/c1-13-4-9-17(15(10-13)11-19-2)20(3)12-14-5-7-16(18)8-6-14/h4-10,19H,11-12H2,1-3H3. The molecule has 1 N–H and O–H groups in total. The zero-order valence-electron chi connectivity index (χ0n) is 12.3. The Labute approximate surface area is 129 Å². The van der Waals surface area contributed by atoms with Gasteiger partial charge >= 0.3 is 0 Å². The van der Waals surface area contributed by atoms with Gasteiger partial charge < -0.3 is 10.2 Å². The molecule has 0 aromatic heterocycles. The van der Waals surface area contributed by atoms with E-state index in [4.69, 9.17) is 0 Å². The van der Waals surface area contributed by atoms with Crippen molar-refractivity contribution in [1.82, 2.24) is 5.32 Å². The monoisotopic (exact) mass is 332 g/mol. The Bertz CT molecular complexity index is 564. The van der Waals surface area contributed by atoms with Gasteiger partial charge in [-0.1, -0.05) is 45.8 Å². The van der Waals surface area contributed by atoms with Crippen LogP contribution in [0.2, 0.25) is 0 Å². The smallest absolute Gasteiger partial charge is 0.0426 e. The second kappa shape index (κ2) is 6.91. The Balaban J connectivity index is 2.19. The molecule has 2 aromatic carbocycles. The maximum absolute atomic E-state index is 3.47. The minimum atomic E-state index is 0.891. The zero-order valence-corrected chi connectivity index (χ0v) is 13.9. The highest BCUT2D eigenvalue weighted by atomic mass is 79.9. The molecular weight excluding hydrogens is 312 g/mol. The van der Waals surface area contributed by atoms with Gasteiger partial charge in [-0.25, -0.2) is 0 Å². The molecule has 0 radical (unpaired) electrons. The number of aryl methyl sites for hydroxylation is 1. The fraction of sp³-hybridized carbons (Fsp3) is 0.294. The average molecular weight is 333 g/mol. The van der Waals surface area contributed by atoms with Crippen LogP contribution in [0.4, 0.5) is 5.69 Å². The van der Waals surface area contributed by atoms with E-state index in [9.17, 15) is 0 Å². The van der Waals surface area contributed by atoms with E-state index in [1.807, 2.05) is 7.05 Å². The third-order valence-electron chi connectivity index (χ3n) is 3.35. The maximum Gasteiger partial charge on any atom is 0.0426 e. The van der Waals surface area contributed by atoms with E-state index in [2.05, 4.69) is 82.6 Å². The zero-order chi connectivity index (χ0) is 14.5. The summed E-state index contributed by atoms with van der Waals surface area (Å²) in [5.41, 5.74) is 5.24. The van der Waals surface area contributed by atoms with E-state index >= 15 is 0 Å². The first-order chi connectivity index (χ1) is 9.60. The molecule has 0 fully saturated rings. The summed E-state index contributed by atoms with van der Waals surface area (Å²) < 4.78 is 1.12. The Morgan fingerprint density at radius 3 is 2.45 bits per heavy atom. The van der Waals surface area contributed by atoms with Crippen LogP contribution < -0.4 is 10.2 Å². The molecule has 0 heterocycles. The lowest BCUT2D eigenvalue weighted by Gasteiger charge is -2.23. The first-order valence-electron chi connectivity index (χ1n) is 6.80. The van der Waals surface area contributed by atoms with Gasteiger partial charge in [0.1, 0.15) is 0 Å². The molecule has 2 nitrogen and oxygen atoms in total. The molecule has 0 aliphatic carbocycles.